The highest BCUT2D eigenvalue weighted by atomic mass is 16.3. The number of piperidine rings is 1. The maximum Gasteiger partial charge on any atom is 0.287 e. The van der Waals surface area contributed by atoms with Crippen LogP contribution in [0.5, 0.6) is 0 Å². The summed E-state index contributed by atoms with van der Waals surface area (Å²) in [5.41, 5.74) is 0. The van der Waals surface area contributed by atoms with Crippen molar-refractivity contribution in [3.8, 4) is 0 Å². The van der Waals surface area contributed by atoms with Gasteiger partial charge in [0.1, 0.15) is 0 Å². The standard InChI is InChI=1S/C13H18N2O2/c16-13(12-2-1-9-17-12)14-10-5-7-15(8-6-10)11-3-4-11/h1-2,9-11H,3-8H2,(H,14,16). The fourth-order valence-electron chi connectivity index (χ4n) is 2.51. The summed E-state index contributed by atoms with van der Waals surface area (Å²) in [5, 5.41) is 3.04. The third-order valence-electron chi connectivity index (χ3n) is 3.67. The Balaban J connectivity index is 1.48. The SMILES string of the molecule is O=C(NC1CCN(C2CC2)CC1)c1ccco1. The third-order valence-corrected chi connectivity index (χ3v) is 3.67. The van der Waals surface area contributed by atoms with Crippen LogP contribution in [0.25, 0.3) is 0 Å². The first kappa shape index (κ1) is 10.8. The van der Waals surface area contributed by atoms with Crippen LogP contribution in [0, 0.1) is 0 Å². The van der Waals surface area contributed by atoms with Crippen molar-refractivity contribution in [3.63, 3.8) is 0 Å². The first-order valence-corrected chi connectivity index (χ1v) is 6.41. The van der Waals surface area contributed by atoms with Crippen LogP contribution < -0.4 is 5.32 Å². The monoisotopic (exact) mass is 234 g/mol. The highest BCUT2D eigenvalue weighted by Crippen LogP contribution is 2.29. The summed E-state index contributed by atoms with van der Waals surface area (Å²) in [7, 11) is 0. The van der Waals surface area contributed by atoms with Crippen molar-refractivity contribution in [1.29, 1.82) is 0 Å². The van der Waals surface area contributed by atoms with Crippen molar-refractivity contribution in [2.45, 2.75) is 37.8 Å². The number of nitrogens with one attached hydrogen (secondary N) is 1. The fourth-order valence-corrected chi connectivity index (χ4v) is 2.51. The van der Waals surface area contributed by atoms with E-state index >= 15 is 0 Å². The second-order valence-corrected chi connectivity index (χ2v) is 4.99. The van der Waals surface area contributed by atoms with E-state index in [2.05, 4.69) is 10.2 Å². The quantitative estimate of drug-likeness (QED) is 0.864. The molecule has 2 fully saturated rings. The molecule has 0 unspecified atom stereocenters. The number of furan rings is 1. The first-order valence-electron chi connectivity index (χ1n) is 6.41. The fraction of sp³-hybridized carbons (Fsp3) is 0.615. The van der Waals surface area contributed by atoms with Crippen LogP contribution in [0.15, 0.2) is 22.8 Å². The number of likely N-dealkylation sites (tertiary alicyclic amines) is 1. The third kappa shape index (κ3) is 2.52. The number of amides is 1. The lowest BCUT2D eigenvalue weighted by molar-refractivity contribution is 0.0881. The van der Waals surface area contributed by atoms with Gasteiger partial charge in [0, 0.05) is 25.2 Å². The summed E-state index contributed by atoms with van der Waals surface area (Å²) in [6, 6.07) is 4.60. The van der Waals surface area contributed by atoms with Gasteiger partial charge in [-0.05, 0) is 37.8 Å². The van der Waals surface area contributed by atoms with E-state index in [9.17, 15) is 4.79 Å². The van der Waals surface area contributed by atoms with E-state index in [1.165, 1.54) is 19.1 Å². The number of hydrogen-bond donors (Lipinski definition) is 1. The lowest BCUT2D eigenvalue weighted by Crippen LogP contribution is -2.45. The molecule has 17 heavy (non-hydrogen) atoms. The molecule has 1 saturated carbocycles. The second kappa shape index (κ2) is 4.53. The maximum atomic E-state index is 11.8. The molecule has 1 aliphatic heterocycles. The van der Waals surface area contributed by atoms with Gasteiger partial charge in [0.25, 0.3) is 5.91 Å². The van der Waals surface area contributed by atoms with Crippen LogP contribution in [0.4, 0.5) is 0 Å². The largest absolute Gasteiger partial charge is 0.459 e. The molecule has 92 valence electrons. The van der Waals surface area contributed by atoms with Crippen molar-refractivity contribution in [3.05, 3.63) is 24.2 Å². The molecular formula is C13H18N2O2. The van der Waals surface area contributed by atoms with Gasteiger partial charge in [-0.15, -0.1) is 0 Å². The zero-order valence-electron chi connectivity index (χ0n) is 9.89. The summed E-state index contributed by atoms with van der Waals surface area (Å²) in [4.78, 5) is 14.3. The van der Waals surface area contributed by atoms with Crippen LogP contribution in [-0.2, 0) is 0 Å². The summed E-state index contributed by atoms with van der Waals surface area (Å²) < 4.78 is 5.08. The molecule has 1 aromatic heterocycles. The Morgan fingerprint density at radius 3 is 2.65 bits per heavy atom. The molecule has 0 bridgehead atoms. The van der Waals surface area contributed by atoms with Crippen LogP contribution in [0.3, 0.4) is 0 Å². The van der Waals surface area contributed by atoms with Crippen LogP contribution >= 0.6 is 0 Å². The van der Waals surface area contributed by atoms with Gasteiger partial charge < -0.3 is 14.6 Å². The van der Waals surface area contributed by atoms with Crippen LogP contribution in [-0.4, -0.2) is 36.0 Å². The molecule has 4 nitrogen and oxygen atoms in total. The topological polar surface area (TPSA) is 45.5 Å². The Morgan fingerprint density at radius 1 is 1.29 bits per heavy atom. The molecule has 0 radical (unpaired) electrons. The number of rotatable bonds is 3. The molecule has 0 spiro atoms. The van der Waals surface area contributed by atoms with E-state index in [4.69, 9.17) is 4.42 Å². The molecule has 4 heteroatoms. The Morgan fingerprint density at radius 2 is 2.06 bits per heavy atom. The normalized spacial score (nSPS) is 22.6. The Bertz CT molecular complexity index is 376. The minimum atomic E-state index is -0.0835. The lowest BCUT2D eigenvalue weighted by Gasteiger charge is -2.32. The first-order chi connectivity index (χ1) is 8.33. The van der Waals surface area contributed by atoms with Gasteiger partial charge in [0.05, 0.1) is 6.26 Å². The Kier molecular flexibility index (Phi) is 2.89. The lowest BCUT2D eigenvalue weighted by atomic mass is 10.0. The molecular weight excluding hydrogens is 216 g/mol. The van der Waals surface area contributed by atoms with Crippen molar-refractivity contribution >= 4 is 5.91 Å². The van der Waals surface area contributed by atoms with Crippen molar-refractivity contribution in [1.82, 2.24) is 10.2 Å². The van der Waals surface area contributed by atoms with Crippen molar-refractivity contribution in [2.24, 2.45) is 0 Å². The van der Waals surface area contributed by atoms with Crippen molar-refractivity contribution in [2.75, 3.05) is 13.1 Å². The molecule has 2 heterocycles. The molecule has 0 aromatic carbocycles. The molecule has 1 aromatic rings. The van der Waals surface area contributed by atoms with Gasteiger partial charge in [0.2, 0.25) is 0 Å². The average Bonchev–Trinajstić information content (AvgIpc) is 3.05. The van der Waals surface area contributed by atoms with Gasteiger partial charge in [-0.2, -0.15) is 0 Å². The van der Waals surface area contributed by atoms with Gasteiger partial charge in [-0.3, -0.25) is 4.79 Å². The summed E-state index contributed by atoms with van der Waals surface area (Å²) in [6.07, 6.45) is 6.38. The Hall–Kier alpha value is -1.29. The predicted molar refractivity (Wildman–Crippen MR) is 63.8 cm³/mol. The highest BCUT2D eigenvalue weighted by molar-refractivity contribution is 5.91. The predicted octanol–water partition coefficient (Wildman–Crippen LogP) is 1.64. The number of hydrogen-bond acceptors (Lipinski definition) is 3. The molecule has 1 saturated heterocycles. The van der Waals surface area contributed by atoms with E-state index in [0.717, 1.165) is 32.0 Å². The van der Waals surface area contributed by atoms with E-state index in [-0.39, 0.29) is 5.91 Å². The smallest absolute Gasteiger partial charge is 0.287 e. The molecule has 3 rings (SSSR count). The molecule has 1 N–H and O–H groups in total. The average molecular weight is 234 g/mol. The minimum absolute atomic E-state index is 0.0835. The van der Waals surface area contributed by atoms with Gasteiger partial charge >= 0.3 is 0 Å². The van der Waals surface area contributed by atoms with Crippen LogP contribution in [0.2, 0.25) is 0 Å². The van der Waals surface area contributed by atoms with Gasteiger partial charge in [0.15, 0.2) is 5.76 Å². The number of nitrogens with zero attached hydrogens (tertiary/aromatic N) is 1. The van der Waals surface area contributed by atoms with E-state index in [1.54, 1.807) is 12.1 Å². The summed E-state index contributed by atoms with van der Waals surface area (Å²) >= 11 is 0. The molecule has 0 atom stereocenters. The van der Waals surface area contributed by atoms with Crippen molar-refractivity contribution < 1.29 is 9.21 Å². The zero-order chi connectivity index (χ0) is 11.7. The van der Waals surface area contributed by atoms with E-state index in [1.807, 2.05) is 0 Å². The molecule has 1 aliphatic carbocycles. The summed E-state index contributed by atoms with van der Waals surface area (Å²) in [5.74, 6) is 0.328. The Labute approximate surface area is 101 Å². The number of carbonyl (C=O) groups is 1. The second-order valence-electron chi connectivity index (χ2n) is 4.99. The van der Waals surface area contributed by atoms with Gasteiger partial charge in [-0.1, -0.05) is 0 Å². The molecule has 1 amide bonds. The number of carbonyl (C=O) groups excluding carboxylic acids is 1. The van der Waals surface area contributed by atoms with E-state index in [0.29, 0.717) is 11.8 Å². The maximum absolute atomic E-state index is 11.8. The highest BCUT2D eigenvalue weighted by Gasteiger charge is 2.32. The van der Waals surface area contributed by atoms with Crippen LogP contribution in [0.1, 0.15) is 36.2 Å². The summed E-state index contributed by atoms with van der Waals surface area (Å²) in [6.45, 7) is 2.24. The van der Waals surface area contributed by atoms with Gasteiger partial charge in [-0.25, -0.2) is 0 Å². The zero-order valence-corrected chi connectivity index (χ0v) is 9.89. The minimum Gasteiger partial charge on any atom is -0.459 e. The van der Waals surface area contributed by atoms with E-state index < -0.39 is 0 Å². The molecule has 2 aliphatic rings.